The third-order valence-electron chi connectivity index (χ3n) is 0.976. The molecule has 0 aliphatic carbocycles. The monoisotopic (exact) mass is 187 g/mol. The fourth-order valence-electron chi connectivity index (χ4n) is 0.555. The zero-order chi connectivity index (χ0) is 8.10. The molecule has 1 aromatic rings. The van der Waals surface area contributed by atoms with E-state index in [2.05, 4.69) is 9.38 Å². The van der Waals surface area contributed by atoms with Crippen molar-refractivity contribution in [2.24, 2.45) is 11.4 Å². The number of nitrogens with zero attached hydrogens (tertiary/aromatic N) is 3. The molecule has 1 heterocycles. The molecule has 0 fully saturated rings. The van der Waals surface area contributed by atoms with Gasteiger partial charge >= 0.3 is 0 Å². The number of aryl methyl sites for hydroxylation is 1. The summed E-state index contributed by atoms with van der Waals surface area (Å²) in [5, 5.41) is 0.929. The van der Waals surface area contributed by atoms with Crippen molar-refractivity contribution in [1.29, 1.82) is 0 Å². The van der Waals surface area contributed by atoms with E-state index in [1.165, 1.54) is 11.9 Å². The Balaban J connectivity index is 2.45. The van der Waals surface area contributed by atoms with Crippen molar-refractivity contribution in [3.05, 3.63) is 12.5 Å². The van der Waals surface area contributed by atoms with Crippen LogP contribution in [0.3, 0.4) is 0 Å². The molecule has 1 aromatic heterocycles. The van der Waals surface area contributed by atoms with Gasteiger partial charge in [-0.1, -0.05) is 0 Å². The van der Waals surface area contributed by atoms with Crippen LogP contribution in [0.25, 0.3) is 0 Å². The minimum Gasteiger partial charge on any atom is -0.339 e. The first kappa shape index (κ1) is 8.67. The molecule has 60 valence electrons. The van der Waals surface area contributed by atoms with E-state index in [1.807, 2.05) is 24.1 Å². The second-order valence-corrected chi connectivity index (χ2v) is 3.41. The maximum atomic E-state index is 4.09. The zero-order valence-corrected chi connectivity index (χ0v) is 8.02. The molecule has 0 saturated heterocycles. The largest absolute Gasteiger partial charge is 0.339 e. The average Bonchev–Trinajstić information content (AvgIpc) is 2.37. The summed E-state index contributed by atoms with van der Waals surface area (Å²) in [6, 6.07) is 0. The maximum Gasteiger partial charge on any atom is 0.137 e. The van der Waals surface area contributed by atoms with Crippen LogP contribution in [0.15, 0.2) is 21.9 Å². The Hall–Kier alpha value is -0.420. The molecule has 0 atom stereocenters. The van der Waals surface area contributed by atoms with Gasteiger partial charge in [-0.05, 0) is 6.26 Å². The summed E-state index contributed by atoms with van der Waals surface area (Å²) in [6.45, 7) is 0. The molecule has 0 aromatic carbocycles. The van der Waals surface area contributed by atoms with Crippen molar-refractivity contribution in [3.8, 4) is 0 Å². The Morgan fingerprint density at radius 2 is 2.55 bits per heavy atom. The Bertz CT molecular complexity index is 244. The predicted molar refractivity (Wildman–Crippen MR) is 51.1 cm³/mol. The van der Waals surface area contributed by atoms with Crippen LogP contribution >= 0.6 is 23.7 Å². The second-order valence-electron chi connectivity index (χ2n) is 1.92. The molecule has 0 spiro atoms. The summed E-state index contributed by atoms with van der Waals surface area (Å²) in [5.41, 5.74) is 1.79. The van der Waals surface area contributed by atoms with E-state index in [-0.39, 0.29) is 0 Å². The highest BCUT2D eigenvalue weighted by atomic mass is 32.2. The first-order chi connectivity index (χ1) is 5.33. The molecule has 0 saturated carbocycles. The van der Waals surface area contributed by atoms with Gasteiger partial charge in [-0.15, -0.1) is 11.8 Å². The van der Waals surface area contributed by atoms with Crippen LogP contribution in [0.5, 0.6) is 0 Å². The van der Waals surface area contributed by atoms with E-state index in [0.717, 1.165) is 5.03 Å². The Morgan fingerprint density at radius 1 is 1.73 bits per heavy atom. The summed E-state index contributed by atoms with van der Waals surface area (Å²) in [5.74, 6) is 0. The lowest BCUT2D eigenvalue weighted by molar-refractivity contribution is 0.912. The van der Waals surface area contributed by atoms with Crippen molar-refractivity contribution >= 4 is 29.3 Å². The molecule has 0 aliphatic rings. The minimum atomic E-state index is 0.929. The zero-order valence-electron chi connectivity index (χ0n) is 6.39. The number of hydrogen-bond acceptors (Lipinski definition) is 4. The van der Waals surface area contributed by atoms with E-state index in [4.69, 9.17) is 0 Å². The first-order valence-corrected chi connectivity index (χ1v) is 5.08. The number of thioether (sulfide) groups is 1. The van der Waals surface area contributed by atoms with Crippen molar-refractivity contribution in [3.63, 3.8) is 0 Å². The number of rotatable bonds is 3. The van der Waals surface area contributed by atoms with Gasteiger partial charge < -0.3 is 4.57 Å². The molecule has 1 rings (SSSR count). The van der Waals surface area contributed by atoms with Crippen molar-refractivity contribution < 1.29 is 0 Å². The van der Waals surface area contributed by atoms with Gasteiger partial charge in [0.1, 0.15) is 5.03 Å². The Kier molecular flexibility index (Phi) is 3.51. The van der Waals surface area contributed by atoms with Gasteiger partial charge in [0.25, 0.3) is 0 Å². The van der Waals surface area contributed by atoms with Gasteiger partial charge in [0.15, 0.2) is 0 Å². The molecular weight excluding hydrogens is 178 g/mol. The Morgan fingerprint density at radius 3 is 3.09 bits per heavy atom. The smallest absolute Gasteiger partial charge is 0.137 e. The fourth-order valence-corrected chi connectivity index (χ4v) is 1.49. The highest BCUT2D eigenvalue weighted by Gasteiger charge is 1.93. The normalized spacial score (nSPS) is 11.1. The van der Waals surface area contributed by atoms with E-state index in [0.29, 0.717) is 0 Å². The van der Waals surface area contributed by atoms with Gasteiger partial charge in [0, 0.05) is 25.2 Å². The maximum absolute atomic E-state index is 4.09. The summed E-state index contributed by atoms with van der Waals surface area (Å²) >= 11 is 2.96. The van der Waals surface area contributed by atoms with Crippen LogP contribution in [0.2, 0.25) is 0 Å². The van der Waals surface area contributed by atoms with Crippen LogP contribution in [0.1, 0.15) is 0 Å². The molecule has 0 N–H and O–H groups in total. The molecule has 5 heteroatoms. The summed E-state index contributed by atoms with van der Waals surface area (Å²) in [6.07, 6.45) is 5.67. The molecule has 0 unspecified atom stereocenters. The van der Waals surface area contributed by atoms with E-state index in [1.54, 1.807) is 23.6 Å². The van der Waals surface area contributed by atoms with Crippen molar-refractivity contribution in [2.75, 3.05) is 6.26 Å². The van der Waals surface area contributed by atoms with Gasteiger partial charge in [-0.2, -0.15) is 0 Å². The lowest BCUT2D eigenvalue weighted by Gasteiger charge is -1.84. The standard InChI is InChI=1S/C6H9N3S2/c1-9-3-6(7-4-9)11-8-5-10-2/h3-5H,1-2H3. The summed E-state index contributed by atoms with van der Waals surface area (Å²) in [7, 11) is 1.94. The fraction of sp³-hybridized carbons (Fsp3) is 0.333. The second kappa shape index (κ2) is 4.46. The van der Waals surface area contributed by atoms with Crippen LogP contribution in [-0.4, -0.2) is 21.4 Å². The molecule has 0 amide bonds. The van der Waals surface area contributed by atoms with Crippen LogP contribution in [0.4, 0.5) is 0 Å². The molecule has 3 nitrogen and oxygen atoms in total. The highest BCUT2D eigenvalue weighted by Crippen LogP contribution is 2.15. The van der Waals surface area contributed by atoms with Crippen molar-refractivity contribution in [2.45, 2.75) is 5.03 Å². The van der Waals surface area contributed by atoms with Gasteiger partial charge in [-0.3, -0.25) is 0 Å². The minimum absolute atomic E-state index is 0.929. The third-order valence-corrected chi connectivity index (χ3v) is 2.03. The lowest BCUT2D eigenvalue weighted by atomic mass is 10.9. The quantitative estimate of drug-likeness (QED) is 0.411. The average molecular weight is 187 g/mol. The van der Waals surface area contributed by atoms with Gasteiger partial charge in [0.05, 0.1) is 11.9 Å². The van der Waals surface area contributed by atoms with Gasteiger partial charge in [-0.25, -0.2) is 9.38 Å². The van der Waals surface area contributed by atoms with Crippen LogP contribution in [-0.2, 0) is 7.05 Å². The highest BCUT2D eigenvalue weighted by molar-refractivity contribution is 8.12. The number of aromatic nitrogens is 2. The van der Waals surface area contributed by atoms with E-state index in [9.17, 15) is 0 Å². The number of hydrogen-bond donors (Lipinski definition) is 0. The van der Waals surface area contributed by atoms with E-state index < -0.39 is 0 Å². The van der Waals surface area contributed by atoms with Crippen LogP contribution in [0, 0.1) is 0 Å². The molecule has 0 radical (unpaired) electrons. The topological polar surface area (TPSA) is 30.2 Å². The lowest BCUT2D eigenvalue weighted by Crippen LogP contribution is -1.76. The van der Waals surface area contributed by atoms with Crippen LogP contribution < -0.4 is 0 Å². The molecule has 0 aliphatic heterocycles. The Labute approximate surface area is 74.4 Å². The SMILES string of the molecule is CSC=NSc1cn(C)cn1. The molecular formula is C6H9N3S2. The molecule has 11 heavy (non-hydrogen) atoms. The van der Waals surface area contributed by atoms with E-state index >= 15 is 0 Å². The first-order valence-electron chi connectivity index (χ1n) is 3.02. The predicted octanol–water partition coefficient (Wildman–Crippen LogP) is 1.82. The van der Waals surface area contributed by atoms with Crippen molar-refractivity contribution in [1.82, 2.24) is 9.55 Å². The number of imidazole rings is 1. The molecule has 0 bridgehead atoms. The summed E-state index contributed by atoms with van der Waals surface area (Å²) in [4.78, 5) is 4.09. The summed E-state index contributed by atoms with van der Waals surface area (Å²) < 4.78 is 5.95. The van der Waals surface area contributed by atoms with Gasteiger partial charge in [0.2, 0.25) is 0 Å². The third kappa shape index (κ3) is 2.98.